The molecule has 3 rings (SSSR count). The molecule has 0 spiro atoms. The molecular formula is C15H16N2O4. The van der Waals surface area contributed by atoms with Crippen molar-refractivity contribution < 1.29 is 19.2 Å². The molecule has 1 N–H and O–H groups in total. The van der Waals surface area contributed by atoms with E-state index in [9.17, 15) is 4.79 Å². The molecule has 2 unspecified atom stereocenters. The van der Waals surface area contributed by atoms with E-state index < -0.39 is 18.2 Å². The molecule has 0 amide bonds. The van der Waals surface area contributed by atoms with E-state index in [0.717, 1.165) is 5.56 Å². The van der Waals surface area contributed by atoms with Gasteiger partial charge in [0, 0.05) is 6.42 Å². The molecule has 110 valence electrons. The van der Waals surface area contributed by atoms with E-state index in [4.69, 9.17) is 14.4 Å². The zero-order valence-corrected chi connectivity index (χ0v) is 11.7. The van der Waals surface area contributed by atoms with E-state index in [1.54, 1.807) is 0 Å². The maximum Gasteiger partial charge on any atom is 0.332 e. The number of carboxylic acid groups (broad SMARTS) is 1. The normalized spacial score (nSPS) is 21.6. The quantitative estimate of drug-likeness (QED) is 0.929. The summed E-state index contributed by atoms with van der Waals surface area (Å²) in [5, 5.41) is 12.9. The first kappa shape index (κ1) is 13.8. The van der Waals surface area contributed by atoms with Gasteiger partial charge in [-0.05, 0) is 25.3 Å². The number of carbonyl (C=O) groups is 1. The lowest BCUT2D eigenvalue weighted by Gasteiger charge is -2.05. The van der Waals surface area contributed by atoms with Crippen molar-refractivity contribution in [2.24, 2.45) is 0 Å². The zero-order chi connectivity index (χ0) is 14.8. The van der Waals surface area contributed by atoms with Crippen molar-refractivity contribution >= 4 is 5.97 Å². The second kappa shape index (κ2) is 5.65. The van der Waals surface area contributed by atoms with Crippen LogP contribution in [-0.2, 0) is 16.0 Å². The fraction of sp³-hybridized carbons (Fsp3) is 0.400. The van der Waals surface area contributed by atoms with Crippen LogP contribution in [0.4, 0.5) is 0 Å². The number of hydrogen-bond donors (Lipinski definition) is 1. The Morgan fingerprint density at radius 3 is 3.00 bits per heavy atom. The van der Waals surface area contributed by atoms with E-state index >= 15 is 0 Å². The van der Waals surface area contributed by atoms with Gasteiger partial charge in [0.15, 0.2) is 11.9 Å². The van der Waals surface area contributed by atoms with E-state index in [2.05, 4.69) is 16.2 Å². The molecular weight excluding hydrogens is 272 g/mol. The van der Waals surface area contributed by atoms with Crippen molar-refractivity contribution in [3.05, 3.63) is 47.1 Å². The van der Waals surface area contributed by atoms with Gasteiger partial charge in [-0.25, -0.2) is 4.79 Å². The van der Waals surface area contributed by atoms with Gasteiger partial charge < -0.3 is 14.4 Å². The maximum absolute atomic E-state index is 10.9. The number of aliphatic carboxylic acids is 1. The van der Waals surface area contributed by atoms with Gasteiger partial charge in [-0.1, -0.05) is 35.0 Å². The van der Waals surface area contributed by atoms with E-state index in [-0.39, 0.29) is 0 Å². The molecule has 0 aliphatic carbocycles. The smallest absolute Gasteiger partial charge is 0.332 e. The van der Waals surface area contributed by atoms with Crippen LogP contribution in [0.5, 0.6) is 0 Å². The highest BCUT2D eigenvalue weighted by Crippen LogP contribution is 2.31. The Morgan fingerprint density at radius 1 is 1.43 bits per heavy atom. The molecule has 1 fully saturated rings. The number of ether oxygens (including phenoxy) is 1. The molecule has 21 heavy (non-hydrogen) atoms. The Bertz CT molecular complexity index is 653. The van der Waals surface area contributed by atoms with Crippen molar-refractivity contribution in [2.75, 3.05) is 0 Å². The summed E-state index contributed by atoms with van der Waals surface area (Å²) < 4.78 is 10.6. The summed E-state index contributed by atoms with van der Waals surface area (Å²) in [5.41, 5.74) is 2.29. The Morgan fingerprint density at radius 2 is 2.29 bits per heavy atom. The number of nitrogens with zero attached hydrogens (tertiary/aromatic N) is 2. The Kier molecular flexibility index (Phi) is 3.70. The van der Waals surface area contributed by atoms with Crippen LogP contribution in [0.3, 0.4) is 0 Å². The lowest BCUT2D eigenvalue weighted by molar-refractivity contribution is -0.150. The summed E-state index contributed by atoms with van der Waals surface area (Å²) in [4.78, 5) is 15.2. The number of rotatable bonds is 4. The molecule has 1 saturated heterocycles. The Labute approximate surface area is 121 Å². The first-order valence-corrected chi connectivity index (χ1v) is 6.88. The van der Waals surface area contributed by atoms with E-state index in [1.165, 1.54) is 5.56 Å². The van der Waals surface area contributed by atoms with Crippen molar-refractivity contribution in [3.8, 4) is 0 Å². The molecule has 2 aromatic rings. The first-order valence-electron chi connectivity index (χ1n) is 6.88. The minimum absolute atomic E-state index is 0.362. The van der Waals surface area contributed by atoms with Gasteiger partial charge in [-0.3, -0.25) is 0 Å². The second-order valence-electron chi connectivity index (χ2n) is 5.24. The molecule has 1 aromatic carbocycles. The SMILES string of the molecule is Cc1cccc(Cc2noc(C3CCC(C(=O)O)O3)n2)c1. The van der Waals surface area contributed by atoms with Gasteiger partial charge in [0.25, 0.3) is 5.89 Å². The molecule has 1 aromatic heterocycles. The molecule has 1 aliphatic rings. The lowest BCUT2D eigenvalue weighted by atomic mass is 10.1. The third kappa shape index (κ3) is 3.11. The van der Waals surface area contributed by atoms with Gasteiger partial charge >= 0.3 is 5.97 Å². The van der Waals surface area contributed by atoms with Crippen molar-refractivity contribution in [1.29, 1.82) is 0 Å². The largest absolute Gasteiger partial charge is 0.479 e. The first-order chi connectivity index (χ1) is 10.1. The second-order valence-corrected chi connectivity index (χ2v) is 5.24. The van der Waals surface area contributed by atoms with Crippen LogP contribution in [0.1, 0.15) is 41.8 Å². The van der Waals surface area contributed by atoms with Gasteiger partial charge in [0.1, 0.15) is 6.10 Å². The number of carboxylic acids is 1. The highest BCUT2D eigenvalue weighted by atomic mass is 16.5. The van der Waals surface area contributed by atoms with Crippen LogP contribution in [0.15, 0.2) is 28.8 Å². The standard InChI is InChI=1S/C15H16N2O4/c1-9-3-2-4-10(7-9)8-13-16-14(21-17-13)11-5-6-12(20-11)15(18)19/h2-4,7,11-12H,5-6,8H2,1H3,(H,18,19). The fourth-order valence-corrected chi connectivity index (χ4v) is 2.48. The summed E-state index contributed by atoms with van der Waals surface area (Å²) in [5.74, 6) is -0.00335. The Hall–Kier alpha value is -2.21. The average Bonchev–Trinajstić information content (AvgIpc) is 3.06. The minimum atomic E-state index is -0.947. The third-order valence-electron chi connectivity index (χ3n) is 3.50. The minimum Gasteiger partial charge on any atom is -0.479 e. The molecule has 0 radical (unpaired) electrons. The van der Waals surface area contributed by atoms with Gasteiger partial charge in [0.05, 0.1) is 0 Å². The predicted molar refractivity (Wildman–Crippen MR) is 72.8 cm³/mol. The van der Waals surface area contributed by atoms with Crippen molar-refractivity contribution in [1.82, 2.24) is 10.1 Å². The lowest BCUT2D eigenvalue weighted by Crippen LogP contribution is -2.18. The highest BCUT2D eigenvalue weighted by Gasteiger charge is 2.34. The molecule has 0 saturated carbocycles. The molecule has 2 atom stereocenters. The summed E-state index contributed by atoms with van der Waals surface area (Å²) in [7, 11) is 0. The zero-order valence-electron chi connectivity index (χ0n) is 11.7. The van der Waals surface area contributed by atoms with Gasteiger partial charge in [-0.2, -0.15) is 4.98 Å². The summed E-state index contributed by atoms with van der Waals surface area (Å²) in [6.45, 7) is 2.03. The van der Waals surface area contributed by atoms with Crippen molar-refractivity contribution in [2.45, 2.75) is 38.4 Å². The molecule has 6 heteroatoms. The van der Waals surface area contributed by atoms with Crippen LogP contribution in [-0.4, -0.2) is 27.3 Å². The van der Waals surface area contributed by atoms with Crippen LogP contribution in [0.2, 0.25) is 0 Å². The molecule has 2 heterocycles. The molecule has 6 nitrogen and oxygen atoms in total. The van der Waals surface area contributed by atoms with Crippen LogP contribution in [0, 0.1) is 6.92 Å². The third-order valence-corrected chi connectivity index (χ3v) is 3.50. The maximum atomic E-state index is 10.9. The van der Waals surface area contributed by atoms with Gasteiger partial charge in [0.2, 0.25) is 0 Å². The van der Waals surface area contributed by atoms with E-state index in [1.807, 2.05) is 25.1 Å². The molecule has 1 aliphatic heterocycles. The number of aryl methyl sites for hydroxylation is 1. The van der Waals surface area contributed by atoms with Crippen LogP contribution < -0.4 is 0 Å². The highest BCUT2D eigenvalue weighted by molar-refractivity contribution is 5.72. The van der Waals surface area contributed by atoms with Crippen molar-refractivity contribution in [3.63, 3.8) is 0 Å². The number of aromatic nitrogens is 2. The Balaban J connectivity index is 1.68. The topological polar surface area (TPSA) is 85.5 Å². The molecule has 0 bridgehead atoms. The number of hydrogen-bond acceptors (Lipinski definition) is 5. The van der Waals surface area contributed by atoms with Gasteiger partial charge in [-0.15, -0.1) is 0 Å². The predicted octanol–water partition coefficient (Wildman–Crippen LogP) is 2.27. The summed E-state index contributed by atoms with van der Waals surface area (Å²) in [6, 6.07) is 8.10. The van der Waals surface area contributed by atoms with Crippen LogP contribution in [0.25, 0.3) is 0 Å². The van der Waals surface area contributed by atoms with Crippen LogP contribution >= 0.6 is 0 Å². The summed E-state index contributed by atoms with van der Waals surface area (Å²) >= 11 is 0. The summed E-state index contributed by atoms with van der Waals surface area (Å²) in [6.07, 6.45) is 0.450. The monoisotopic (exact) mass is 288 g/mol. The van der Waals surface area contributed by atoms with E-state index in [0.29, 0.717) is 31.0 Å². The number of benzene rings is 1. The average molecular weight is 288 g/mol. The fourth-order valence-electron chi connectivity index (χ4n) is 2.48.